The number of carbonyl (C=O) groups is 1. The molecule has 37 heavy (non-hydrogen) atoms. The third-order valence-electron chi connectivity index (χ3n) is 7.51. The summed E-state index contributed by atoms with van der Waals surface area (Å²) in [6, 6.07) is 8.12. The third kappa shape index (κ3) is 4.31. The number of carbonyl (C=O) groups excluding carboxylic acids is 1. The molecular formula is C26H33N9O2. The van der Waals surface area contributed by atoms with E-state index in [1.807, 2.05) is 25.2 Å². The van der Waals surface area contributed by atoms with Crippen molar-refractivity contribution in [1.82, 2.24) is 34.0 Å². The van der Waals surface area contributed by atoms with E-state index in [2.05, 4.69) is 31.9 Å². The molecule has 0 aliphatic carbocycles. The van der Waals surface area contributed by atoms with Crippen LogP contribution in [0.4, 0.5) is 5.82 Å². The average molecular weight is 504 g/mol. The number of morpholine rings is 1. The van der Waals surface area contributed by atoms with Crippen molar-refractivity contribution in [2.75, 3.05) is 50.8 Å². The van der Waals surface area contributed by atoms with Crippen LogP contribution in [0.15, 0.2) is 24.3 Å². The summed E-state index contributed by atoms with van der Waals surface area (Å²) in [7, 11) is 2.05. The van der Waals surface area contributed by atoms with Gasteiger partial charge in [-0.05, 0) is 38.1 Å². The molecule has 4 aromatic rings. The number of hydrogen-bond acceptors (Lipinski definition) is 8. The predicted octanol–water partition coefficient (Wildman–Crippen LogP) is 1.77. The van der Waals surface area contributed by atoms with Gasteiger partial charge in [0, 0.05) is 32.5 Å². The number of anilines is 1. The van der Waals surface area contributed by atoms with Gasteiger partial charge in [-0.3, -0.25) is 14.3 Å². The molecular weight excluding hydrogens is 470 g/mol. The second-order valence-corrected chi connectivity index (χ2v) is 9.87. The standard InChI is InChI=1S/C26H33N9O2/c1-3-21-28-18-6-4-5-7-19(18)35(21)26-30-24-22(25(31-26)34-12-14-37-15-13-34)29-23(32(24)2)17-8-10-33(11-9-17)16-20(27)36/h4-7,17H,3,8-16H2,1-2H3,(H2,27,36). The molecule has 2 aliphatic heterocycles. The second kappa shape index (κ2) is 9.71. The molecule has 2 aliphatic rings. The lowest BCUT2D eigenvalue weighted by molar-refractivity contribution is -0.119. The van der Waals surface area contributed by atoms with Gasteiger partial charge in [0.1, 0.15) is 11.6 Å². The van der Waals surface area contributed by atoms with Crippen LogP contribution in [0.1, 0.15) is 37.3 Å². The van der Waals surface area contributed by atoms with Crippen LogP contribution in [-0.4, -0.2) is 85.8 Å². The zero-order valence-electron chi connectivity index (χ0n) is 21.4. The molecule has 6 rings (SSSR count). The minimum atomic E-state index is -0.280. The maximum Gasteiger partial charge on any atom is 0.239 e. The Morgan fingerprint density at radius 1 is 1.05 bits per heavy atom. The van der Waals surface area contributed by atoms with Crippen LogP contribution in [-0.2, 0) is 23.0 Å². The Morgan fingerprint density at radius 2 is 1.81 bits per heavy atom. The number of ether oxygens (including phenoxy) is 1. The van der Waals surface area contributed by atoms with Crippen molar-refractivity contribution in [3.63, 3.8) is 0 Å². The van der Waals surface area contributed by atoms with Gasteiger partial charge in [-0.2, -0.15) is 9.97 Å². The molecule has 0 saturated carbocycles. The van der Waals surface area contributed by atoms with Crippen LogP contribution in [0.25, 0.3) is 28.1 Å². The van der Waals surface area contributed by atoms with Gasteiger partial charge in [0.2, 0.25) is 11.9 Å². The first-order valence-electron chi connectivity index (χ1n) is 13.1. The molecule has 1 amide bonds. The van der Waals surface area contributed by atoms with E-state index < -0.39 is 0 Å². The maximum atomic E-state index is 11.4. The first kappa shape index (κ1) is 23.8. The number of piperidine rings is 1. The zero-order valence-corrected chi connectivity index (χ0v) is 21.4. The number of amides is 1. The van der Waals surface area contributed by atoms with E-state index in [1.165, 1.54) is 0 Å². The number of aryl methyl sites for hydroxylation is 2. The quantitative estimate of drug-likeness (QED) is 0.423. The number of hydrogen-bond donors (Lipinski definition) is 1. The summed E-state index contributed by atoms with van der Waals surface area (Å²) in [5.41, 5.74) is 8.98. The Labute approximate surface area is 215 Å². The van der Waals surface area contributed by atoms with Gasteiger partial charge in [-0.25, -0.2) is 9.97 Å². The van der Waals surface area contributed by atoms with Crippen molar-refractivity contribution in [1.29, 1.82) is 0 Å². The lowest BCUT2D eigenvalue weighted by Crippen LogP contribution is -2.39. The molecule has 0 radical (unpaired) electrons. The van der Waals surface area contributed by atoms with Gasteiger partial charge in [-0.1, -0.05) is 19.1 Å². The fraction of sp³-hybridized carbons (Fsp3) is 0.500. The molecule has 3 aromatic heterocycles. The summed E-state index contributed by atoms with van der Waals surface area (Å²) in [5.74, 6) is 3.40. The molecule has 2 fully saturated rings. The molecule has 2 saturated heterocycles. The number of nitrogens with two attached hydrogens (primary N) is 1. The number of aromatic nitrogens is 6. The highest BCUT2D eigenvalue weighted by Gasteiger charge is 2.29. The molecule has 2 N–H and O–H groups in total. The summed E-state index contributed by atoms with van der Waals surface area (Å²) < 4.78 is 9.83. The summed E-state index contributed by atoms with van der Waals surface area (Å²) in [6.07, 6.45) is 2.61. The zero-order chi connectivity index (χ0) is 25.5. The fourth-order valence-corrected chi connectivity index (χ4v) is 5.62. The van der Waals surface area contributed by atoms with Crippen LogP contribution in [0, 0.1) is 0 Å². The first-order chi connectivity index (χ1) is 18.0. The molecule has 5 heterocycles. The summed E-state index contributed by atoms with van der Waals surface area (Å²) in [6.45, 7) is 6.90. The monoisotopic (exact) mass is 503 g/mol. The Balaban J connectivity index is 1.47. The number of fused-ring (bicyclic) bond motifs is 2. The molecule has 11 nitrogen and oxygen atoms in total. The number of imidazole rings is 2. The molecule has 0 spiro atoms. The summed E-state index contributed by atoms with van der Waals surface area (Å²) in [4.78, 5) is 35.9. The molecule has 194 valence electrons. The van der Waals surface area contributed by atoms with E-state index in [0.717, 1.165) is 85.1 Å². The largest absolute Gasteiger partial charge is 0.378 e. The van der Waals surface area contributed by atoms with E-state index in [4.69, 9.17) is 30.4 Å². The van der Waals surface area contributed by atoms with E-state index >= 15 is 0 Å². The van der Waals surface area contributed by atoms with Gasteiger partial charge in [0.25, 0.3) is 0 Å². The van der Waals surface area contributed by atoms with E-state index in [9.17, 15) is 4.79 Å². The summed E-state index contributed by atoms with van der Waals surface area (Å²) >= 11 is 0. The van der Waals surface area contributed by atoms with Gasteiger partial charge < -0.3 is 19.9 Å². The van der Waals surface area contributed by atoms with Gasteiger partial charge in [0.15, 0.2) is 17.0 Å². The van der Waals surface area contributed by atoms with Crippen LogP contribution >= 0.6 is 0 Å². The van der Waals surface area contributed by atoms with Crippen molar-refractivity contribution in [3.8, 4) is 5.95 Å². The highest BCUT2D eigenvalue weighted by Crippen LogP contribution is 2.33. The Hall–Kier alpha value is -3.57. The van der Waals surface area contributed by atoms with Crippen molar-refractivity contribution < 1.29 is 9.53 Å². The van der Waals surface area contributed by atoms with Crippen LogP contribution in [0.2, 0.25) is 0 Å². The minimum absolute atomic E-state index is 0.280. The van der Waals surface area contributed by atoms with Crippen molar-refractivity contribution in [2.45, 2.75) is 32.1 Å². The predicted molar refractivity (Wildman–Crippen MR) is 141 cm³/mol. The number of likely N-dealkylation sites (tertiary alicyclic amines) is 1. The van der Waals surface area contributed by atoms with Crippen molar-refractivity contribution in [3.05, 3.63) is 35.9 Å². The SMILES string of the molecule is CCc1nc2ccccc2n1-c1nc(N2CCOCC2)c2nc(C3CCN(CC(N)=O)CC3)n(C)c2n1. The fourth-order valence-electron chi connectivity index (χ4n) is 5.62. The highest BCUT2D eigenvalue weighted by molar-refractivity contribution is 5.86. The second-order valence-electron chi connectivity index (χ2n) is 9.87. The Bertz CT molecular complexity index is 1450. The number of benzene rings is 1. The molecule has 1 aromatic carbocycles. The van der Waals surface area contributed by atoms with Gasteiger partial charge in [0.05, 0.1) is 30.8 Å². The van der Waals surface area contributed by atoms with Gasteiger partial charge >= 0.3 is 0 Å². The molecule has 11 heteroatoms. The topological polar surface area (TPSA) is 120 Å². The third-order valence-corrected chi connectivity index (χ3v) is 7.51. The number of para-hydroxylation sites is 2. The molecule has 0 bridgehead atoms. The average Bonchev–Trinajstić information content (AvgIpc) is 3.46. The normalized spacial score (nSPS) is 17.7. The number of rotatable bonds is 6. The lowest BCUT2D eigenvalue weighted by Gasteiger charge is -2.30. The lowest BCUT2D eigenvalue weighted by atomic mass is 9.96. The Morgan fingerprint density at radius 3 is 2.54 bits per heavy atom. The van der Waals surface area contributed by atoms with Crippen LogP contribution in [0.5, 0.6) is 0 Å². The molecule has 0 atom stereocenters. The van der Waals surface area contributed by atoms with Crippen molar-refractivity contribution in [2.24, 2.45) is 12.8 Å². The van der Waals surface area contributed by atoms with Crippen molar-refractivity contribution >= 4 is 33.9 Å². The number of nitrogens with zero attached hydrogens (tertiary/aromatic N) is 8. The highest BCUT2D eigenvalue weighted by atomic mass is 16.5. The Kier molecular flexibility index (Phi) is 6.25. The van der Waals surface area contributed by atoms with Crippen LogP contribution < -0.4 is 10.6 Å². The molecule has 0 unspecified atom stereocenters. The van der Waals surface area contributed by atoms with E-state index in [-0.39, 0.29) is 11.8 Å². The smallest absolute Gasteiger partial charge is 0.239 e. The van der Waals surface area contributed by atoms with E-state index in [1.54, 1.807) is 0 Å². The first-order valence-corrected chi connectivity index (χ1v) is 13.1. The minimum Gasteiger partial charge on any atom is -0.378 e. The summed E-state index contributed by atoms with van der Waals surface area (Å²) in [5, 5.41) is 0. The van der Waals surface area contributed by atoms with Gasteiger partial charge in [-0.15, -0.1) is 0 Å². The maximum absolute atomic E-state index is 11.4. The van der Waals surface area contributed by atoms with E-state index in [0.29, 0.717) is 25.7 Å². The van der Waals surface area contributed by atoms with Crippen LogP contribution in [0.3, 0.4) is 0 Å². The number of primary amides is 1.